The van der Waals surface area contributed by atoms with E-state index >= 15 is 4.39 Å². The zero-order valence-electron chi connectivity index (χ0n) is 33.0. The summed E-state index contributed by atoms with van der Waals surface area (Å²) in [5.74, 6) is -1.05. The molecule has 3 aromatic rings. The van der Waals surface area contributed by atoms with Crippen molar-refractivity contribution in [2.24, 2.45) is 5.41 Å². The number of aromatic nitrogens is 1. The summed E-state index contributed by atoms with van der Waals surface area (Å²) in [5, 5.41) is 4.50. The summed E-state index contributed by atoms with van der Waals surface area (Å²) in [6.07, 6.45) is 3.50. The highest BCUT2D eigenvalue weighted by Gasteiger charge is 2.39. The SMILES string of the molecule is Cc1c(-n2c(CC(C)(C)CO[Si](C)(C)C(C)(C)C)c(SC3CCN(C(=O)OC(C)(C)C)CC3)c3ccccc3c2=O)ccc(C(=O)NC2CC2)c1F. The van der Waals surface area contributed by atoms with Crippen LogP contribution in [-0.2, 0) is 15.6 Å². The molecule has 5 rings (SSSR count). The molecule has 2 amide bonds. The summed E-state index contributed by atoms with van der Waals surface area (Å²) in [5.41, 5.74) is 0.268. The molecule has 8 nitrogen and oxygen atoms in total. The maximum atomic E-state index is 16.2. The molecule has 2 heterocycles. The minimum Gasteiger partial charge on any atom is -0.444 e. The highest BCUT2D eigenvalue weighted by atomic mass is 32.2. The van der Waals surface area contributed by atoms with E-state index in [-0.39, 0.29) is 39.1 Å². The molecule has 0 unspecified atom stereocenters. The largest absolute Gasteiger partial charge is 0.444 e. The quantitative estimate of drug-likeness (QED) is 0.208. The highest BCUT2D eigenvalue weighted by Crippen LogP contribution is 2.42. The number of pyridine rings is 1. The number of fused-ring (bicyclic) bond motifs is 1. The van der Waals surface area contributed by atoms with Crippen LogP contribution in [0.2, 0.25) is 18.1 Å². The predicted molar refractivity (Wildman–Crippen MR) is 212 cm³/mol. The smallest absolute Gasteiger partial charge is 0.410 e. The Morgan fingerprint density at radius 3 is 2.13 bits per heavy atom. The lowest BCUT2D eigenvalue weighted by Crippen LogP contribution is -2.43. The molecule has 2 fully saturated rings. The topological polar surface area (TPSA) is 89.9 Å². The lowest BCUT2D eigenvalue weighted by Gasteiger charge is -2.39. The Balaban J connectivity index is 1.61. The number of carbonyl (C=O) groups excluding carboxylic acids is 2. The van der Waals surface area contributed by atoms with Gasteiger partial charge < -0.3 is 19.4 Å². The molecule has 1 saturated heterocycles. The standard InChI is InChI=1S/C41H58FN3O5SSi/c1-26-32(19-18-31(34(26)42)36(46)43-27-16-17-27)45-33(24-41(8,9)25-49-52(10,11)40(5,6)7)35(29-14-12-13-15-30(29)37(45)47)51-28-20-22-44(23-21-28)38(48)50-39(2,3)4/h12-15,18-19,27-28H,16-17,20-25H2,1-11H3,(H,43,46). The van der Waals surface area contributed by atoms with E-state index in [2.05, 4.69) is 53.0 Å². The van der Waals surface area contributed by atoms with Crippen molar-refractivity contribution in [3.63, 3.8) is 0 Å². The van der Waals surface area contributed by atoms with Crippen molar-refractivity contribution in [1.29, 1.82) is 0 Å². The van der Waals surface area contributed by atoms with E-state index in [0.717, 1.165) is 41.7 Å². The fraction of sp³-hybridized carbons (Fsp3) is 0.585. The molecule has 1 aliphatic heterocycles. The van der Waals surface area contributed by atoms with Crippen LogP contribution in [-0.4, -0.2) is 66.4 Å². The average Bonchev–Trinajstić information content (AvgIpc) is 3.87. The van der Waals surface area contributed by atoms with E-state index in [1.807, 2.05) is 45.0 Å². The van der Waals surface area contributed by atoms with Crippen LogP contribution in [0.5, 0.6) is 0 Å². The van der Waals surface area contributed by atoms with Crippen molar-refractivity contribution >= 4 is 42.9 Å². The summed E-state index contributed by atoms with van der Waals surface area (Å²) in [6, 6.07) is 11.0. The number of amides is 2. The maximum Gasteiger partial charge on any atom is 0.410 e. The number of hydrogen-bond donors (Lipinski definition) is 1. The molecule has 0 bridgehead atoms. The van der Waals surface area contributed by atoms with Gasteiger partial charge in [-0.3, -0.25) is 14.2 Å². The van der Waals surface area contributed by atoms with Crippen LogP contribution in [0.25, 0.3) is 16.5 Å². The monoisotopic (exact) mass is 751 g/mol. The zero-order chi connectivity index (χ0) is 38.4. The zero-order valence-corrected chi connectivity index (χ0v) is 34.8. The first-order chi connectivity index (χ1) is 24.1. The number of likely N-dealkylation sites (tertiary alicyclic amines) is 1. The number of hydrogen-bond acceptors (Lipinski definition) is 6. The number of halogens is 1. The summed E-state index contributed by atoms with van der Waals surface area (Å²) < 4.78 is 30.3. The van der Waals surface area contributed by atoms with Gasteiger partial charge in [0.1, 0.15) is 11.4 Å². The van der Waals surface area contributed by atoms with E-state index in [1.54, 1.807) is 34.2 Å². The average molecular weight is 752 g/mol. The van der Waals surface area contributed by atoms with Crippen molar-refractivity contribution in [2.45, 2.75) is 134 Å². The van der Waals surface area contributed by atoms with Gasteiger partial charge in [-0.2, -0.15) is 0 Å². The van der Waals surface area contributed by atoms with Gasteiger partial charge >= 0.3 is 6.09 Å². The summed E-state index contributed by atoms with van der Waals surface area (Å²) >= 11 is 1.74. The third-order valence-electron chi connectivity index (χ3n) is 10.5. The van der Waals surface area contributed by atoms with Crippen LogP contribution >= 0.6 is 11.8 Å². The fourth-order valence-electron chi connectivity index (χ4n) is 6.24. The van der Waals surface area contributed by atoms with Crippen LogP contribution < -0.4 is 10.9 Å². The third-order valence-corrected chi connectivity index (χ3v) is 16.5. The Labute approximate surface area is 314 Å². The molecule has 0 atom stereocenters. The molecule has 284 valence electrons. The van der Waals surface area contributed by atoms with E-state index in [9.17, 15) is 14.4 Å². The molecule has 11 heteroatoms. The molecule has 0 spiro atoms. The van der Waals surface area contributed by atoms with Crippen molar-refractivity contribution < 1.29 is 23.1 Å². The Morgan fingerprint density at radius 2 is 1.56 bits per heavy atom. The maximum absolute atomic E-state index is 16.2. The molecule has 2 aliphatic rings. The first-order valence-corrected chi connectivity index (χ1v) is 22.4. The highest BCUT2D eigenvalue weighted by molar-refractivity contribution is 8.00. The Hall–Kier alpha value is -3.15. The van der Waals surface area contributed by atoms with Gasteiger partial charge in [0.05, 0.1) is 11.3 Å². The number of benzene rings is 2. The minimum atomic E-state index is -2.09. The molecule has 1 aromatic heterocycles. The summed E-state index contributed by atoms with van der Waals surface area (Å²) in [6.45, 7) is 24.4. The fourth-order valence-corrected chi connectivity index (χ4v) is 8.81. The Kier molecular flexibility index (Phi) is 11.5. The molecule has 2 aromatic carbocycles. The number of rotatable bonds is 10. The van der Waals surface area contributed by atoms with Gasteiger partial charge in [-0.15, -0.1) is 11.8 Å². The molecular weight excluding hydrogens is 694 g/mol. The Morgan fingerprint density at radius 1 is 0.942 bits per heavy atom. The van der Waals surface area contributed by atoms with E-state index in [0.29, 0.717) is 37.2 Å². The first-order valence-electron chi connectivity index (χ1n) is 18.6. The van der Waals surface area contributed by atoms with Crippen molar-refractivity contribution in [3.8, 4) is 5.69 Å². The third kappa shape index (κ3) is 9.13. The molecule has 1 saturated carbocycles. The lowest BCUT2D eigenvalue weighted by molar-refractivity contribution is 0.0219. The molecule has 0 radical (unpaired) electrons. The predicted octanol–water partition coefficient (Wildman–Crippen LogP) is 9.41. The van der Waals surface area contributed by atoms with Gasteiger partial charge in [0, 0.05) is 57.9 Å². The van der Waals surface area contributed by atoms with Crippen LogP contribution in [0.1, 0.15) is 103 Å². The minimum absolute atomic E-state index is 0.0158. The summed E-state index contributed by atoms with van der Waals surface area (Å²) in [7, 11) is -2.09. The van der Waals surface area contributed by atoms with Crippen LogP contribution in [0.15, 0.2) is 46.1 Å². The van der Waals surface area contributed by atoms with Gasteiger partial charge in [0.25, 0.3) is 11.5 Å². The molecule has 52 heavy (non-hydrogen) atoms. The van der Waals surface area contributed by atoms with Crippen LogP contribution in [0.4, 0.5) is 9.18 Å². The van der Waals surface area contributed by atoms with Gasteiger partial charge in [0.15, 0.2) is 8.32 Å². The number of piperidine rings is 1. The van der Waals surface area contributed by atoms with Crippen LogP contribution in [0.3, 0.4) is 0 Å². The number of thioether (sulfide) groups is 1. The number of carbonyl (C=O) groups is 2. The van der Waals surface area contributed by atoms with E-state index < -0.39 is 31.1 Å². The molecule has 1 N–H and O–H groups in total. The van der Waals surface area contributed by atoms with Gasteiger partial charge in [0.2, 0.25) is 0 Å². The summed E-state index contributed by atoms with van der Waals surface area (Å²) in [4.78, 5) is 43.3. The number of nitrogens with one attached hydrogen (secondary N) is 1. The van der Waals surface area contributed by atoms with Crippen molar-refractivity contribution in [3.05, 3.63) is 69.4 Å². The van der Waals surface area contributed by atoms with Crippen molar-refractivity contribution in [2.75, 3.05) is 19.7 Å². The second-order valence-electron chi connectivity index (χ2n) is 18.0. The number of nitrogens with zero attached hydrogens (tertiary/aromatic N) is 2. The normalized spacial score (nSPS) is 16.3. The molecular formula is C41H58FN3O5SSi. The second-order valence-corrected chi connectivity index (χ2v) is 24.1. The Bertz CT molecular complexity index is 1880. The van der Waals surface area contributed by atoms with Crippen LogP contribution in [0, 0.1) is 18.2 Å². The lowest BCUT2D eigenvalue weighted by atomic mass is 9.88. The van der Waals surface area contributed by atoms with E-state index in [4.69, 9.17) is 9.16 Å². The van der Waals surface area contributed by atoms with Gasteiger partial charge in [-0.25, -0.2) is 9.18 Å². The van der Waals surface area contributed by atoms with Gasteiger partial charge in [-0.1, -0.05) is 52.8 Å². The molecule has 1 aliphatic carbocycles. The van der Waals surface area contributed by atoms with E-state index in [1.165, 1.54) is 6.07 Å². The van der Waals surface area contributed by atoms with Crippen molar-refractivity contribution in [1.82, 2.24) is 14.8 Å². The second kappa shape index (κ2) is 14.9. The van der Waals surface area contributed by atoms with Gasteiger partial charge in [-0.05, 0) is 102 Å². The number of ether oxygens (including phenoxy) is 1. The first kappa shape index (κ1) is 40.0.